The summed E-state index contributed by atoms with van der Waals surface area (Å²) in [5, 5.41) is 3.16. The second kappa shape index (κ2) is 7.58. The van der Waals surface area contributed by atoms with Crippen molar-refractivity contribution in [1.82, 2.24) is 5.32 Å². The number of rotatable bonds is 1. The average molecular weight is 506 g/mol. The van der Waals surface area contributed by atoms with E-state index in [0.29, 0.717) is 0 Å². The van der Waals surface area contributed by atoms with E-state index in [0.717, 1.165) is 50.5 Å². The highest BCUT2D eigenvalue weighted by atomic mass is 16.2. The van der Waals surface area contributed by atoms with Gasteiger partial charge in [0.15, 0.2) is 11.6 Å². The number of nitrogens with two attached hydrogens (primary N) is 1. The van der Waals surface area contributed by atoms with Crippen molar-refractivity contribution >= 4 is 17.6 Å². The Balaban J connectivity index is 1.69. The molecule has 0 heterocycles. The van der Waals surface area contributed by atoms with E-state index in [9.17, 15) is 14.4 Å². The van der Waals surface area contributed by atoms with Crippen molar-refractivity contribution in [2.45, 2.75) is 99.0 Å². The van der Waals surface area contributed by atoms with E-state index in [1.807, 2.05) is 26.0 Å². The molecule has 37 heavy (non-hydrogen) atoms. The zero-order chi connectivity index (χ0) is 27.4. The van der Waals surface area contributed by atoms with Crippen LogP contribution in [0.1, 0.15) is 93.4 Å². The number of Topliss-reactive ketones (excluding diaryl/α,β-unsaturated/α-hetero) is 1. The molecule has 0 saturated heterocycles. The lowest BCUT2D eigenvalue weighted by atomic mass is 9.35. The van der Waals surface area contributed by atoms with E-state index in [4.69, 9.17) is 12.3 Å². The molecule has 200 valence electrons. The van der Waals surface area contributed by atoms with Gasteiger partial charge in [-0.1, -0.05) is 60.1 Å². The van der Waals surface area contributed by atoms with Gasteiger partial charge >= 0.3 is 6.03 Å². The van der Waals surface area contributed by atoms with Crippen LogP contribution in [0.2, 0.25) is 0 Å². The number of ketones is 2. The van der Waals surface area contributed by atoms with Gasteiger partial charge in [-0.3, -0.25) is 4.79 Å². The Kier molecular flexibility index (Phi) is 5.37. The van der Waals surface area contributed by atoms with Crippen molar-refractivity contribution in [3.63, 3.8) is 0 Å². The number of nitrogens with one attached hydrogen (secondary N) is 1. The van der Waals surface area contributed by atoms with Gasteiger partial charge in [-0.2, -0.15) is 0 Å². The average Bonchev–Trinajstić information content (AvgIpc) is 2.78. The van der Waals surface area contributed by atoms with Crippen molar-refractivity contribution in [2.24, 2.45) is 50.6 Å². The third-order valence-electron chi connectivity index (χ3n) is 12.2. The summed E-state index contributed by atoms with van der Waals surface area (Å²) >= 11 is 0. The van der Waals surface area contributed by atoms with Gasteiger partial charge in [0, 0.05) is 22.3 Å². The van der Waals surface area contributed by atoms with Crippen LogP contribution in [-0.4, -0.2) is 23.1 Å². The number of hydrogen-bond acceptors (Lipinski definition) is 3. The summed E-state index contributed by atoms with van der Waals surface area (Å²) in [6.07, 6.45) is 9.94. The first-order chi connectivity index (χ1) is 17.0. The number of urea groups is 1. The largest absolute Gasteiger partial charge is 0.352 e. The van der Waals surface area contributed by atoms with Crippen molar-refractivity contribution < 1.29 is 14.4 Å². The summed E-state index contributed by atoms with van der Waals surface area (Å²) in [7, 11) is 0. The van der Waals surface area contributed by atoms with Gasteiger partial charge in [-0.25, -0.2) is 9.64 Å². The van der Waals surface area contributed by atoms with Gasteiger partial charge in [-0.15, -0.1) is 0 Å². The number of carbonyl (C=O) groups excluding carboxylic acids is 3. The Morgan fingerprint density at radius 2 is 1.68 bits per heavy atom. The maximum absolute atomic E-state index is 14.3. The Bertz CT molecular complexity index is 1200. The molecule has 3 N–H and O–H groups in total. The number of fused-ring (bicyclic) bond motifs is 7. The van der Waals surface area contributed by atoms with Crippen LogP contribution in [0.5, 0.6) is 0 Å². The van der Waals surface area contributed by atoms with E-state index < -0.39 is 22.4 Å². The molecule has 5 aliphatic rings. The molecule has 7 atom stereocenters. The highest BCUT2D eigenvalue weighted by Gasteiger charge is 2.69. The van der Waals surface area contributed by atoms with Crippen molar-refractivity contribution in [1.29, 1.82) is 0 Å². The molecule has 0 radical (unpaired) electrons. The maximum atomic E-state index is 14.3. The normalized spacial score (nSPS) is 45.6. The Morgan fingerprint density at radius 3 is 2.30 bits per heavy atom. The second-order valence-corrected chi connectivity index (χ2v) is 14.9. The molecule has 2 unspecified atom stereocenters. The molecule has 3 fully saturated rings. The molecule has 0 aromatic carbocycles. The summed E-state index contributed by atoms with van der Waals surface area (Å²) in [5.74, 6) is -0.0803. The van der Waals surface area contributed by atoms with Gasteiger partial charge in [0.05, 0.1) is 6.57 Å². The van der Waals surface area contributed by atoms with Crippen LogP contribution in [-0.2, 0) is 9.59 Å². The molecular weight excluding hydrogens is 462 g/mol. The first-order valence-corrected chi connectivity index (χ1v) is 14.0. The van der Waals surface area contributed by atoms with E-state index in [1.165, 1.54) is 0 Å². The first kappa shape index (κ1) is 26.2. The summed E-state index contributed by atoms with van der Waals surface area (Å²) in [5.41, 5.74) is 4.93. The van der Waals surface area contributed by atoms with Crippen molar-refractivity contribution in [3.8, 4) is 0 Å². The number of carbonyl (C=O) groups is 3. The lowest BCUT2D eigenvalue weighted by molar-refractivity contribution is -0.160. The van der Waals surface area contributed by atoms with Crippen LogP contribution in [0.4, 0.5) is 4.79 Å². The predicted octanol–water partition coefficient (Wildman–Crippen LogP) is 5.98. The van der Waals surface area contributed by atoms with Gasteiger partial charge in [0.25, 0.3) is 0 Å². The van der Waals surface area contributed by atoms with E-state index in [-0.39, 0.29) is 51.3 Å². The molecule has 6 nitrogen and oxygen atoms in total. The summed E-state index contributed by atoms with van der Waals surface area (Å²) in [4.78, 5) is 43.4. The zero-order valence-corrected chi connectivity index (χ0v) is 23.6. The molecule has 0 aromatic rings. The number of nitrogens with zero attached hydrogens (tertiary/aromatic N) is 1. The molecule has 0 aliphatic heterocycles. The van der Waals surface area contributed by atoms with E-state index in [2.05, 4.69) is 44.8 Å². The fourth-order valence-corrected chi connectivity index (χ4v) is 10.1. The third-order valence-corrected chi connectivity index (χ3v) is 12.2. The molecule has 5 aliphatic carbocycles. The van der Waals surface area contributed by atoms with Crippen molar-refractivity contribution in [2.75, 3.05) is 0 Å². The Hall–Kier alpha value is -2.42. The predicted molar refractivity (Wildman–Crippen MR) is 143 cm³/mol. The maximum Gasteiger partial charge on any atom is 0.312 e. The van der Waals surface area contributed by atoms with E-state index in [1.54, 1.807) is 0 Å². The highest BCUT2D eigenvalue weighted by molar-refractivity contribution is 6.03. The lowest BCUT2D eigenvalue weighted by Gasteiger charge is -2.69. The fourth-order valence-electron chi connectivity index (χ4n) is 10.1. The molecule has 2 amide bonds. The molecule has 0 bridgehead atoms. The standard InChI is InChI=1S/C31H43N3O3/c1-26(2)11-13-31(34-25(32)37)14-12-30(7)23(18(31)16-26)20(35)15-22-28(5)17-19(33-8)24(36)27(3,4)21(28)9-10-29(22,30)6/h15,17-18,21,23H,9-14,16H2,1-7H3,(H3,32,34,37)/t18?,21-,23?,28-,29+,30+,31-/m0/s1. The van der Waals surface area contributed by atoms with Gasteiger partial charge in [-0.05, 0) is 79.1 Å². The van der Waals surface area contributed by atoms with Crippen LogP contribution in [0, 0.1) is 51.4 Å². The van der Waals surface area contributed by atoms with Crippen LogP contribution in [0.15, 0.2) is 23.4 Å². The summed E-state index contributed by atoms with van der Waals surface area (Å²) < 4.78 is 0. The lowest BCUT2D eigenvalue weighted by Crippen LogP contribution is -2.70. The quantitative estimate of drug-likeness (QED) is 0.429. The highest BCUT2D eigenvalue weighted by Crippen LogP contribution is 2.73. The minimum absolute atomic E-state index is 0.0221. The van der Waals surface area contributed by atoms with E-state index >= 15 is 0 Å². The second-order valence-electron chi connectivity index (χ2n) is 14.9. The topological polar surface area (TPSA) is 93.6 Å². The smallest absolute Gasteiger partial charge is 0.312 e. The third kappa shape index (κ3) is 3.25. The first-order valence-electron chi connectivity index (χ1n) is 14.0. The number of allylic oxidation sites excluding steroid dienone is 4. The fraction of sp³-hybridized carbons (Fsp3) is 0.742. The van der Waals surface area contributed by atoms with Crippen LogP contribution >= 0.6 is 0 Å². The molecular formula is C31H43N3O3. The van der Waals surface area contributed by atoms with Crippen LogP contribution in [0.3, 0.4) is 0 Å². The molecule has 6 heteroatoms. The van der Waals surface area contributed by atoms with Crippen molar-refractivity contribution in [3.05, 3.63) is 34.8 Å². The molecule has 5 rings (SSSR count). The van der Waals surface area contributed by atoms with Crippen LogP contribution in [0.25, 0.3) is 4.85 Å². The zero-order valence-electron chi connectivity index (χ0n) is 23.6. The monoisotopic (exact) mass is 505 g/mol. The summed E-state index contributed by atoms with van der Waals surface area (Å²) in [6, 6.07) is -0.502. The van der Waals surface area contributed by atoms with Gasteiger partial charge in [0.2, 0.25) is 5.70 Å². The molecule has 3 saturated carbocycles. The minimum Gasteiger partial charge on any atom is -0.352 e. The number of primary amides is 1. The summed E-state index contributed by atoms with van der Waals surface area (Å²) in [6.45, 7) is 23.0. The number of hydrogen-bond donors (Lipinski definition) is 2. The Morgan fingerprint density at radius 1 is 1.03 bits per heavy atom. The van der Waals surface area contributed by atoms with Crippen LogP contribution < -0.4 is 11.1 Å². The minimum atomic E-state index is -0.660. The van der Waals surface area contributed by atoms with Gasteiger partial charge in [0.1, 0.15) is 0 Å². The number of amides is 2. The SMILES string of the molecule is [C-]#[N+]C1=C[C@]2(C)C3=CC(=O)C4C5CC(C)(C)CC[C@]5(NC(N)=O)CC[C@@]4(C)[C@]3(C)CC[C@H]2C(C)(C)C1=O. The Labute approximate surface area is 221 Å². The molecule has 0 aromatic heterocycles. The van der Waals surface area contributed by atoms with Gasteiger partial charge < -0.3 is 15.8 Å². The molecule has 0 spiro atoms.